The number of hydrogen-bond donors (Lipinski definition) is 2. The van der Waals surface area contributed by atoms with Crippen molar-refractivity contribution in [3.8, 4) is 0 Å². The molecule has 3 rings (SSSR count). The lowest BCUT2D eigenvalue weighted by molar-refractivity contribution is 0.0384. The summed E-state index contributed by atoms with van der Waals surface area (Å²) in [6.45, 7) is 1.30. The molecule has 1 aromatic heterocycles. The Balaban J connectivity index is 1.66. The number of nitrogens with zero attached hydrogens (tertiary/aromatic N) is 1. The van der Waals surface area contributed by atoms with Gasteiger partial charge in [0.25, 0.3) is 0 Å². The molecular weight excluding hydrogens is 244 g/mol. The van der Waals surface area contributed by atoms with Crippen LogP contribution in [0.3, 0.4) is 0 Å². The van der Waals surface area contributed by atoms with Crippen LogP contribution in [0.2, 0.25) is 0 Å². The maximum Gasteiger partial charge on any atom is 0.103 e. The van der Waals surface area contributed by atoms with Gasteiger partial charge in [-0.05, 0) is 24.0 Å². The summed E-state index contributed by atoms with van der Waals surface area (Å²) in [7, 11) is 0. The van der Waals surface area contributed by atoms with Crippen LogP contribution < -0.4 is 5.32 Å². The molecule has 0 saturated heterocycles. The molecule has 4 heteroatoms. The van der Waals surface area contributed by atoms with Gasteiger partial charge in [-0.15, -0.1) is 11.3 Å². The van der Waals surface area contributed by atoms with E-state index in [-0.39, 0.29) is 0 Å². The van der Waals surface area contributed by atoms with Gasteiger partial charge in [0.15, 0.2) is 0 Å². The molecular formula is C14H16N2OS. The Hall–Kier alpha value is -1.23. The smallest absolute Gasteiger partial charge is 0.103 e. The van der Waals surface area contributed by atoms with Crippen molar-refractivity contribution < 1.29 is 5.11 Å². The Labute approximate surface area is 111 Å². The zero-order valence-electron chi connectivity index (χ0n) is 10.1. The fourth-order valence-corrected chi connectivity index (χ4v) is 3.13. The van der Waals surface area contributed by atoms with E-state index in [1.165, 1.54) is 5.56 Å². The minimum atomic E-state index is -0.716. The zero-order valence-corrected chi connectivity index (χ0v) is 10.9. The van der Waals surface area contributed by atoms with Crippen LogP contribution in [0, 0.1) is 0 Å². The van der Waals surface area contributed by atoms with Gasteiger partial charge in [0, 0.05) is 18.5 Å². The van der Waals surface area contributed by atoms with Crippen molar-refractivity contribution in [3.63, 3.8) is 0 Å². The van der Waals surface area contributed by atoms with Gasteiger partial charge in [0.2, 0.25) is 0 Å². The van der Waals surface area contributed by atoms with Crippen LogP contribution in [0.1, 0.15) is 23.2 Å². The van der Waals surface area contributed by atoms with Gasteiger partial charge in [-0.1, -0.05) is 24.3 Å². The number of aliphatic hydroxyl groups is 1. The number of rotatable bonds is 4. The molecule has 1 aliphatic carbocycles. The second-order valence-electron chi connectivity index (χ2n) is 4.77. The predicted molar refractivity (Wildman–Crippen MR) is 72.5 cm³/mol. The molecule has 94 valence electrons. The summed E-state index contributed by atoms with van der Waals surface area (Å²) in [6.07, 6.45) is 1.77. The minimum Gasteiger partial charge on any atom is -0.384 e. The van der Waals surface area contributed by atoms with Crippen LogP contribution in [0.5, 0.6) is 0 Å². The van der Waals surface area contributed by atoms with E-state index in [4.69, 9.17) is 0 Å². The van der Waals surface area contributed by atoms with E-state index in [0.29, 0.717) is 13.1 Å². The maximum atomic E-state index is 10.7. The first kappa shape index (κ1) is 11.8. The first-order valence-electron chi connectivity index (χ1n) is 6.16. The normalized spacial score (nSPS) is 22.1. The van der Waals surface area contributed by atoms with E-state index >= 15 is 0 Å². The van der Waals surface area contributed by atoms with Crippen LogP contribution >= 0.6 is 11.3 Å². The molecule has 0 spiro atoms. The molecule has 2 N–H and O–H groups in total. The fourth-order valence-electron chi connectivity index (χ4n) is 2.57. The zero-order chi connectivity index (χ0) is 12.4. The molecule has 1 aliphatic rings. The topological polar surface area (TPSA) is 45.1 Å². The van der Waals surface area contributed by atoms with Crippen molar-refractivity contribution >= 4 is 11.3 Å². The van der Waals surface area contributed by atoms with Gasteiger partial charge in [-0.25, -0.2) is 4.98 Å². The molecule has 1 aromatic carbocycles. The Kier molecular flexibility index (Phi) is 3.16. The third-order valence-corrected chi connectivity index (χ3v) is 4.17. The summed E-state index contributed by atoms with van der Waals surface area (Å²) in [5.74, 6) is 0. The number of benzene rings is 1. The molecule has 0 radical (unpaired) electrons. The van der Waals surface area contributed by atoms with Gasteiger partial charge in [-0.2, -0.15) is 0 Å². The number of thiazole rings is 1. The van der Waals surface area contributed by atoms with E-state index in [1.54, 1.807) is 11.3 Å². The van der Waals surface area contributed by atoms with E-state index in [0.717, 1.165) is 24.1 Å². The lowest BCUT2D eigenvalue weighted by Crippen LogP contribution is -2.36. The van der Waals surface area contributed by atoms with Crippen molar-refractivity contribution in [1.82, 2.24) is 10.3 Å². The summed E-state index contributed by atoms with van der Waals surface area (Å²) in [5.41, 5.74) is 4.50. The molecule has 3 nitrogen and oxygen atoms in total. The van der Waals surface area contributed by atoms with E-state index < -0.39 is 5.60 Å². The second kappa shape index (κ2) is 4.80. The first-order valence-corrected chi connectivity index (χ1v) is 7.11. The Bertz CT molecular complexity index is 526. The first-order chi connectivity index (χ1) is 8.78. The highest BCUT2D eigenvalue weighted by molar-refractivity contribution is 7.07. The van der Waals surface area contributed by atoms with Gasteiger partial charge in [0.05, 0.1) is 11.2 Å². The Morgan fingerprint density at radius 3 is 3.11 bits per heavy atom. The summed E-state index contributed by atoms with van der Waals surface area (Å²) in [6, 6.07) is 8.17. The number of aryl methyl sites for hydroxylation is 1. The number of aromatic nitrogens is 1. The average Bonchev–Trinajstić information content (AvgIpc) is 3.00. The van der Waals surface area contributed by atoms with Gasteiger partial charge in [-0.3, -0.25) is 0 Å². The summed E-state index contributed by atoms with van der Waals surface area (Å²) in [5, 5.41) is 16.0. The molecule has 0 saturated carbocycles. The molecule has 1 atom stereocenters. The molecule has 1 heterocycles. The molecule has 18 heavy (non-hydrogen) atoms. The van der Waals surface area contributed by atoms with E-state index in [2.05, 4.69) is 16.4 Å². The molecule has 0 amide bonds. The van der Waals surface area contributed by atoms with Gasteiger partial charge >= 0.3 is 0 Å². The lowest BCUT2D eigenvalue weighted by Gasteiger charge is -2.24. The average molecular weight is 260 g/mol. The quantitative estimate of drug-likeness (QED) is 0.884. The Morgan fingerprint density at radius 2 is 2.28 bits per heavy atom. The van der Waals surface area contributed by atoms with Crippen LogP contribution in [-0.4, -0.2) is 16.6 Å². The van der Waals surface area contributed by atoms with Crippen molar-refractivity contribution in [3.05, 3.63) is 52.0 Å². The molecule has 2 aromatic rings. The largest absolute Gasteiger partial charge is 0.384 e. The van der Waals surface area contributed by atoms with Crippen molar-refractivity contribution in [2.75, 3.05) is 6.54 Å². The van der Waals surface area contributed by atoms with Crippen LogP contribution in [-0.2, 0) is 18.6 Å². The summed E-state index contributed by atoms with van der Waals surface area (Å²) >= 11 is 1.60. The second-order valence-corrected chi connectivity index (χ2v) is 5.49. The monoisotopic (exact) mass is 260 g/mol. The van der Waals surface area contributed by atoms with Gasteiger partial charge in [0.1, 0.15) is 5.60 Å². The van der Waals surface area contributed by atoms with Crippen molar-refractivity contribution in [2.45, 2.75) is 25.0 Å². The van der Waals surface area contributed by atoms with Crippen LogP contribution in [0.15, 0.2) is 35.2 Å². The predicted octanol–water partition coefficient (Wildman–Crippen LogP) is 2.07. The SMILES string of the molecule is OC1(CNCc2cscn2)CCc2ccccc21. The third-order valence-electron chi connectivity index (χ3n) is 3.53. The highest BCUT2D eigenvalue weighted by Gasteiger charge is 2.35. The number of fused-ring (bicyclic) bond motifs is 1. The molecule has 1 unspecified atom stereocenters. The highest BCUT2D eigenvalue weighted by atomic mass is 32.1. The van der Waals surface area contributed by atoms with Crippen LogP contribution in [0.25, 0.3) is 0 Å². The van der Waals surface area contributed by atoms with E-state index in [9.17, 15) is 5.11 Å². The summed E-state index contributed by atoms with van der Waals surface area (Å²) in [4.78, 5) is 4.22. The Morgan fingerprint density at radius 1 is 1.39 bits per heavy atom. The molecule has 0 fully saturated rings. The highest BCUT2D eigenvalue weighted by Crippen LogP contribution is 2.36. The molecule has 0 bridgehead atoms. The number of hydrogen-bond acceptors (Lipinski definition) is 4. The maximum absolute atomic E-state index is 10.7. The summed E-state index contributed by atoms with van der Waals surface area (Å²) < 4.78 is 0. The molecule has 0 aliphatic heterocycles. The number of nitrogens with one attached hydrogen (secondary N) is 1. The third kappa shape index (κ3) is 2.19. The van der Waals surface area contributed by atoms with Gasteiger partial charge < -0.3 is 10.4 Å². The minimum absolute atomic E-state index is 0.585. The lowest BCUT2D eigenvalue weighted by atomic mass is 9.96. The van der Waals surface area contributed by atoms with Crippen molar-refractivity contribution in [2.24, 2.45) is 0 Å². The fraction of sp³-hybridized carbons (Fsp3) is 0.357. The standard InChI is InChI=1S/C14H16N2OS/c17-14(9-15-7-12-8-18-10-16-12)6-5-11-3-1-2-4-13(11)14/h1-4,8,10,15,17H,5-7,9H2. The van der Waals surface area contributed by atoms with Crippen molar-refractivity contribution in [1.29, 1.82) is 0 Å². The van der Waals surface area contributed by atoms with Crippen LogP contribution in [0.4, 0.5) is 0 Å². The van der Waals surface area contributed by atoms with E-state index in [1.807, 2.05) is 29.1 Å².